The molecular weight excluding hydrogens is 352 g/mol. The molecule has 0 spiro atoms. The highest BCUT2D eigenvalue weighted by Crippen LogP contribution is 2.20. The number of hydrogen-bond donors (Lipinski definition) is 2. The molecule has 0 saturated carbocycles. The fraction of sp³-hybridized carbons (Fsp3) is 0.200. The lowest BCUT2D eigenvalue weighted by Gasteiger charge is -2.07. The van der Waals surface area contributed by atoms with Gasteiger partial charge >= 0.3 is 0 Å². The maximum atomic E-state index is 11.8. The van der Waals surface area contributed by atoms with Crippen molar-refractivity contribution in [2.45, 2.75) is 13.3 Å². The third-order valence-corrected chi connectivity index (χ3v) is 4.56. The average molecular weight is 367 g/mol. The van der Waals surface area contributed by atoms with Gasteiger partial charge in [0.2, 0.25) is 5.91 Å². The number of hydrogen-bond acceptors (Lipinski definition) is 3. The van der Waals surface area contributed by atoms with Crippen LogP contribution in [0.4, 0.5) is 5.69 Å². The molecule has 2 N–H and O–H groups in total. The summed E-state index contributed by atoms with van der Waals surface area (Å²) in [5, 5.41) is 7.37. The lowest BCUT2D eigenvalue weighted by atomic mass is 10.2. The van der Waals surface area contributed by atoms with E-state index < -0.39 is 0 Å². The largest absolute Gasteiger partial charge is 0.351 e. The van der Waals surface area contributed by atoms with E-state index in [0.717, 1.165) is 15.7 Å². The lowest BCUT2D eigenvalue weighted by molar-refractivity contribution is -0.116. The van der Waals surface area contributed by atoms with Crippen LogP contribution in [0.2, 0.25) is 0 Å². The number of anilines is 1. The number of nitrogens with one attached hydrogen (secondary N) is 2. The Kier molecular flexibility index (Phi) is 5.52. The second-order valence-electron chi connectivity index (χ2n) is 4.50. The number of benzene rings is 1. The van der Waals surface area contributed by atoms with Gasteiger partial charge in [-0.3, -0.25) is 9.59 Å². The van der Waals surface area contributed by atoms with Gasteiger partial charge in [-0.2, -0.15) is 0 Å². The first kappa shape index (κ1) is 15.7. The van der Waals surface area contributed by atoms with Crippen molar-refractivity contribution in [2.75, 3.05) is 11.9 Å². The SMILES string of the molecule is Cc1ccc(NC(=O)CCNC(=O)c2cccs2)cc1Br. The summed E-state index contributed by atoms with van der Waals surface area (Å²) >= 11 is 4.80. The summed E-state index contributed by atoms with van der Waals surface area (Å²) in [6.07, 6.45) is 0.239. The quantitative estimate of drug-likeness (QED) is 0.849. The van der Waals surface area contributed by atoms with Crippen LogP contribution in [0.1, 0.15) is 21.7 Å². The van der Waals surface area contributed by atoms with E-state index in [1.807, 2.05) is 36.6 Å². The van der Waals surface area contributed by atoms with E-state index >= 15 is 0 Å². The van der Waals surface area contributed by atoms with Gasteiger partial charge in [-0.15, -0.1) is 11.3 Å². The molecule has 0 aliphatic carbocycles. The van der Waals surface area contributed by atoms with Crippen LogP contribution >= 0.6 is 27.3 Å². The summed E-state index contributed by atoms with van der Waals surface area (Å²) in [7, 11) is 0. The zero-order chi connectivity index (χ0) is 15.2. The Bertz CT molecular complexity index is 641. The van der Waals surface area contributed by atoms with Crippen LogP contribution in [0.25, 0.3) is 0 Å². The fourth-order valence-corrected chi connectivity index (χ4v) is 2.70. The van der Waals surface area contributed by atoms with E-state index in [4.69, 9.17) is 0 Å². The van der Waals surface area contributed by atoms with Gasteiger partial charge in [-0.25, -0.2) is 0 Å². The first-order valence-electron chi connectivity index (χ1n) is 6.44. The highest BCUT2D eigenvalue weighted by atomic mass is 79.9. The Balaban J connectivity index is 1.77. The summed E-state index contributed by atoms with van der Waals surface area (Å²) in [4.78, 5) is 24.1. The van der Waals surface area contributed by atoms with Crippen LogP contribution in [-0.4, -0.2) is 18.4 Å². The molecule has 0 atom stereocenters. The molecule has 2 aromatic rings. The number of rotatable bonds is 5. The van der Waals surface area contributed by atoms with E-state index in [2.05, 4.69) is 26.6 Å². The van der Waals surface area contributed by atoms with Gasteiger partial charge in [0.05, 0.1) is 4.88 Å². The number of carbonyl (C=O) groups is 2. The second kappa shape index (κ2) is 7.38. The zero-order valence-electron chi connectivity index (χ0n) is 11.5. The smallest absolute Gasteiger partial charge is 0.261 e. The van der Waals surface area contributed by atoms with Gasteiger partial charge in [0.15, 0.2) is 0 Å². The molecule has 0 unspecified atom stereocenters. The molecule has 2 amide bonds. The van der Waals surface area contributed by atoms with Crippen molar-refractivity contribution < 1.29 is 9.59 Å². The molecule has 6 heteroatoms. The van der Waals surface area contributed by atoms with Crippen LogP contribution in [0.5, 0.6) is 0 Å². The van der Waals surface area contributed by atoms with Gasteiger partial charge in [-0.1, -0.05) is 28.1 Å². The minimum Gasteiger partial charge on any atom is -0.351 e. The minimum atomic E-state index is -0.143. The van der Waals surface area contributed by atoms with Gasteiger partial charge in [0, 0.05) is 23.1 Å². The van der Waals surface area contributed by atoms with Crippen molar-refractivity contribution in [2.24, 2.45) is 0 Å². The number of halogens is 1. The Morgan fingerprint density at radius 2 is 2.10 bits per heavy atom. The summed E-state index contributed by atoms with van der Waals surface area (Å²) in [6.45, 7) is 2.30. The number of carbonyl (C=O) groups excluding carboxylic acids is 2. The molecular formula is C15H15BrN2O2S. The Labute approximate surface area is 135 Å². The normalized spacial score (nSPS) is 10.2. The first-order valence-corrected chi connectivity index (χ1v) is 8.11. The monoisotopic (exact) mass is 366 g/mol. The number of amides is 2. The third kappa shape index (κ3) is 4.68. The van der Waals surface area contributed by atoms with Gasteiger partial charge in [0.1, 0.15) is 0 Å². The molecule has 2 rings (SSSR count). The molecule has 1 aromatic heterocycles. The molecule has 0 bridgehead atoms. The summed E-state index contributed by atoms with van der Waals surface area (Å²) in [6, 6.07) is 9.21. The maximum absolute atomic E-state index is 11.8. The average Bonchev–Trinajstić information content (AvgIpc) is 2.97. The number of aryl methyl sites for hydroxylation is 1. The second-order valence-corrected chi connectivity index (χ2v) is 6.30. The van der Waals surface area contributed by atoms with E-state index in [0.29, 0.717) is 11.4 Å². The summed E-state index contributed by atoms with van der Waals surface area (Å²) in [5.74, 6) is -0.270. The topological polar surface area (TPSA) is 58.2 Å². The lowest BCUT2D eigenvalue weighted by Crippen LogP contribution is -2.27. The van der Waals surface area contributed by atoms with E-state index in [1.165, 1.54) is 11.3 Å². The first-order chi connectivity index (χ1) is 10.1. The molecule has 110 valence electrons. The molecule has 0 radical (unpaired) electrons. The van der Waals surface area contributed by atoms with Gasteiger partial charge in [0.25, 0.3) is 5.91 Å². The molecule has 0 saturated heterocycles. The third-order valence-electron chi connectivity index (χ3n) is 2.84. The molecule has 1 aromatic carbocycles. The number of thiophene rings is 1. The van der Waals surface area contributed by atoms with E-state index in [-0.39, 0.29) is 18.2 Å². The molecule has 0 aliphatic rings. The van der Waals surface area contributed by atoms with Crippen LogP contribution in [0.15, 0.2) is 40.2 Å². The zero-order valence-corrected chi connectivity index (χ0v) is 13.9. The van der Waals surface area contributed by atoms with Gasteiger partial charge < -0.3 is 10.6 Å². The molecule has 0 aliphatic heterocycles. The van der Waals surface area contributed by atoms with Gasteiger partial charge in [-0.05, 0) is 36.1 Å². The fourth-order valence-electron chi connectivity index (χ4n) is 1.68. The van der Waals surface area contributed by atoms with Crippen molar-refractivity contribution in [3.63, 3.8) is 0 Å². The maximum Gasteiger partial charge on any atom is 0.261 e. The predicted molar refractivity (Wildman–Crippen MR) is 88.8 cm³/mol. The minimum absolute atomic E-state index is 0.128. The van der Waals surface area contributed by atoms with Crippen molar-refractivity contribution in [1.29, 1.82) is 0 Å². The molecule has 0 fully saturated rings. The highest BCUT2D eigenvalue weighted by Gasteiger charge is 2.08. The predicted octanol–water partition coefficient (Wildman–Crippen LogP) is 3.58. The van der Waals surface area contributed by atoms with Crippen LogP contribution in [0, 0.1) is 6.92 Å². The van der Waals surface area contributed by atoms with Crippen molar-refractivity contribution in [3.8, 4) is 0 Å². The van der Waals surface area contributed by atoms with Crippen LogP contribution in [0.3, 0.4) is 0 Å². The Morgan fingerprint density at radius 3 is 2.76 bits per heavy atom. The Morgan fingerprint density at radius 1 is 1.29 bits per heavy atom. The van der Waals surface area contributed by atoms with E-state index in [9.17, 15) is 9.59 Å². The summed E-state index contributed by atoms with van der Waals surface area (Å²) in [5.41, 5.74) is 1.85. The van der Waals surface area contributed by atoms with Crippen molar-refractivity contribution in [1.82, 2.24) is 5.32 Å². The van der Waals surface area contributed by atoms with Crippen LogP contribution in [-0.2, 0) is 4.79 Å². The molecule has 1 heterocycles. The Hall–Kier alpha value is -1.66. The van der Waals surface area contributed by atoms with Crippen molar-refractivity contribution >= 4 is 44.8 Å². The molecule has 21 heavy (non-hydrogen) atoms. The standard InChI is InChI=1S/C15H15BrN2O2S/c1-10-4-5-11(9-12(10)16)18-14(19)6-7-17-15(20)13-3-2-8-21-13/h2-5,8-9H,6-7H2,1H3,(H,17,20)(H,18,19). The summed E-state index contributed by atoms with van der Waals surface area (Å²) < 4.78 is 0.950. The molecule has 4 nitrogen and oxygen atoms in total. The highest BCUT2D eigenvalue weighted by molar-refractivity contribution is 9.10. The van der Waals surface area contributed by atoms with Crippen molar-refractivity contribution in [3.05, 3.63) is 50.6 Å². The van der Waals surface area contributed by atoms with E-state index in [1.54, 1.807) is 6.07 Å². The van der Waals surface area contributed by atoms with Crippen LogP contribution < -0.4 is 10.6 Å².